The largest absolute Gasteiger partial charge is 0.497 e. The summed E-state index contributed by atoms with van der Waals surface area (Å²) in [7, 11) is 3.32. The van der Waals surface area contributed by atoms with Crippen LogP contribution in [0.3, 0.4) is 0 Å². The monoisotopic (exact) mass is 265 g/mol. The van der Waals surface area contributed by atoms with Gasteiger partial charge in [-0.15, -0.1) is 0 Å². The van der Waals surface area contributed by atoms with Gasteiger partial charge >= 0.3 is 0 Å². The number of aliphatic hydroxyl groups is 1. The molecule has 106 valence electrons. The van der Waals surface area contributed by atoms with E-state index in [0.29, 0.717) is 6.54 Å². The highest BCUT2D eigenvalue weighted by atomic mass is 16.5. The van der Waals surface area contributed by atoms with Crippen molar-refractivity contribution in [3.8, 4) is 11.5 Å². The summed E-state index contributed by atoms with van der Waals surface area (Å²) in [5, 5.41) is 13.5. The zero-order valence-electron chi connectivity index (χ0n) is 11.9. The molecule has 0 spiro atoms. The van der Waals surface area contributed by atoms with Crippen LogP contribution >= 0.6 is 0 Å². The molecule has 2 rings (SSSR count). The maximum atomic E-state index is 10.1. The van der Waals surface area contributed by atoms with Gasteiger partial charge in [0.2, 0.25) is 0 Å². The molecule has 0 amide bonds. The fourth-order valence-corrected chi connectivity index (χ4v) is 2.39. The van der Waals surface area contributed by atoms with E-state index in [1.807, 2.05) is 18.2 Å². The fourth-order valence-electron chi connectivity index (χ4n) is 2.39. The van der Waals surface area contributed by atoms with Crippen LogP contribution in [0.4, 0.5) is 0 Å². The first-order valence-corrected chi connectivity index (χ1v) is 6.76. The molecule has 4 nitrogen and oxygen atoms in total. The van der Waals surface area contributed by atoms with Crippen LogP contribution in [0.5, 0.6) is 11.5 Å². The molecule has 0 heterocycles. The van der Waals surface area contributed by atoms with E-state index in [2.05, 4.69) is 12.2 Å². The Kier molecular flexibility index (Phi) is 4.32. The number of ether oxygens (including phenoxy) is 2. The lowest BCUT2D eigenvalue weighted by molar-refractivity contribution is -0.0329. The summed E-state index contributed by atoms with van der Waals surface area (Å²) in [5.74, 6) is 1.65. The summed E-state index contributed by atoms with van der Waals surface area (Å²) in [5.41, 5.74) is 0.533. The van der Waals surface area contributed by atoms with Crippen LogP contribution in [-0.2, 0) is 0 Å². The second kappa shape index (κ2) is 5.80. The highest BCUT2D eigenvalue weighted by Gasteiger charge is 2.34. The third-order valence-electron chi connectivity index (χ3n) is 3.92. The Morgan fingerprint density at radius 3 is 2.58 bits per heavy atom. The van der Waals surface area contributed by atoms with E-state index < -0.39 is 5.60 Å². The van der Waals surface area contributed by atoms with Gasteiger partial charge in [-0.3, -0.25) is 0 Å². The van der Waals surface area contributed by atoms with Crippen molar-refractivity contribution in [1.29, 1.82) is 0 Å². The van der Waals surface area contributed by atoms with E-state index >= 15 is 0 Å². The molecule has 1 aliphatic carbocycles. The Morgan fingerprint density at radius 1 is 1.32 bits per heavy atom. The van der Waals surface area contributed by atoms with Crippen LogP contribution in [-0.4, -0.2) is 31.5 Å². The van der Waals surface area contributed by atoms with E-state index in [4.69, 9.17) is 9.47 Å². The molecule has 1 aliphatic rings. The fraction of sp³-hybridized carbons (Fsp3) is 0.600. The van der Waals surface area contributed by atoms with Crippen molar-refractivity contribution in [3.63, 3.8) is 0 Å². The third kappa shape index (κ3) is 3.19. The average Bonchev–Trinajstić information content (AvgIpc) is 2.41. The number of benzene rings is 1. The molecule has 0 saturated heterocycles. The minimum Gasteiger partial charge on any atom is -0.497 e. The maximum Gasteiger partial charge on any atom is 0.123 e. The first-order valence-electron chi connectivity index (χ1n) is 6.76. The SMILES string of the molecule is COc1ccc(OC)c(C(C)NCC2(O)CCC2)c1. The predicted octanol–water partition coefficient (Wildman–Crippen LogP) is 2.27. The molecule has 1 atom stereocenters. The van der Waals surface area contributed by atoms with Gasteiger partial charge in [-0.1, -0.05) is 0 Å². The molecule has 1 fully saturated rings. The van der Waals surface area contributed by atoms with E-state index in [-0.39, 0.29) is 6.04 Å². The van der Waals surface area contributed by atoms with Gasteiger partial charge in [0.15, 0.2) is 0 Å². The maximum absolute atomic E-state index is 10.1. The number of methoxy groups -OCH3 is 2. The van der Waals surface area contributed by atoms with E-state index in [1.54, 1.807) is 14.2 Å². The molecular weight excluding hydrogens is 242 g/mol. The first kappa shape index (κ1) is 14.2. The van der Waals surface area contributed by atoms with Gasteiger partial charge in [-0.05, 0) is 44.4 Å². The first-order chi connectivity index (χ1) is 9.08. The van der Waals surface area contributed by atoms with E-state index in [1.165, 1.54) is 0 Å². The Balaban J connectivity index is 2.06. The molecule has 1 saturated carbocycles. The number of hydrogen-bond acceptors (Lipinski definition) is 4. The summed E-state index contributed by atoms with van der Waals surface area (Å²) in [6.07, 6.45) is 2.90. The van der Waals surface area contributed by atoms with Crippen molar-refractivity contribution < 1.29 is 14.6 Å². The zero-order valence-corrected chi connectivity index (χ0v) is 11.9. The van der Waals surface area contributed by atoms with Crippen molar-refractivity contribution in [2.24, 2.45) is 0 Å². The topological polar surface area (TPSA) is 50.7 Å². The van der Waals surface area contributed by atoms with Gasteiger partial charge in [0.1, 0.15) is 11.5 Å². The molecule has 0 bridgehead atoms. The lowest BCUT2D eigenvalue weighted by atomic mass is 9.80. The van der Waals surface area contributed by atoms with Crippen molar-refractivity contribution in [2.45, 2.75) is 37.8 Å². The van der Waals surface area contributed by atoms with E-state index in [9.17, 15) is 5.11 Å². The van der Waals surface area contributed by atoms with E-state index in [0.717, 1.165) is 36.3 Å². The summed E-state index contributed by atoms with van der Waals surface area (Å²) in [6.45, 7) is 2.69. The molecule has 1 unspecified atom stereocenters. The van der Waals surface area contributed by atoms with Gasteiger partial charge in [0.05, 0.1) is 19.8 Å². The average molecular weight is 265 g/mol. The Hall–Kier alpha value is -1.26. The quantitative estimate of drug-likeness (QED) is 0.828. The highest BCUT2D eigenvalue weighted by molar-refractivity contribution is 5.42. The standard InChI is InChI=1S/C15H23NO3/c1-11(16-10-15(17)7-4-8-15)13-9-12(18-2)5-6-14(13)19-3/h5-6,9,11,16-17H,4,7-8,10H2,1-3H3. The van der Waals surface area contributed by atoms with Crippen LogP contribution in [0.15, 0.2) is 18.2 Å². The summed E-state index contributed by atoms with van der Waals surface area (Å²) in [4.78, 5) is 0. The smallest absolute Gasteiger partial charge is 0.123 e. The lowest BCUT2D eigenvalue weighted by Gasteiger charge is -2.37. The van der Waals surface area contributed by atoms with Gasteiger partial charge in [0.25, 0.3) is 0 Å². The Labute approximate surface area is 114 Å². The van der Waals surface area contributed by atoms with Crippen molar-refractivity contribution in [3.05, 3.63) is 23.8 Å². The molecule has 1 aromatic carbocycles. The van der Waals surface area contributed by atoms with Crippen molar-refractivity contribution >= 4 is 0 Å². The van der Waals surface area contributed by atoms with Crippen LogP contribution in [0.2, 0.25) is 0 Å². The number of nitrogens with one attached hydrogen (secondary N) is 1. The minimum absolute atomic E-state index is 0.106. The van der Waals surface area contributed by atoms with Gasteiger partial charge in [-0.25, -0.2) is 0 Å². The summed E-state index contributed by atoms with van der Waals surface area (Å²) < 4.78 is 10.6. The molecule has 0 aromatic heterocycles. The second-order valence-corrected chi connectivity index (χ2v) is 5.29. The lowest BCUT2D eigenvalue weighted by Crippen LogP contribution is -2.46. The predicted molar refractivity (Wildman–Crippen MR) is 74.8 cm³/mol. The molecule has 0 aliphatic heterocycles. The normalized spacial score (nSPS) is 18.5. The molecule has 2 N–H and O–H groups in total. The van der Waals surface area contributed by atoms with Crippen molar-refractivity contribution in [1.82, 2.24) is 5.32 Å². The third-order valence-corrected chi connectivity index (χ3v) is 3.92. The number of hydrogen-bond donors (Lipinski definition) is 2. The summed E-state index contributed by atoms with van der Waals surface area (Å²) >= 11 is 0. The van der Waals surface area contributed by atoms with Gasteiger partial charge in [-0.2, -0.15) is 0 Å². The highest BCUT2D eigenvalue weighted by Crippen LogP contribution is 2.33. The van der Waals surface area contributed by atoms with Crippen molar-refractivity contribution in [2.75, 3.05) is 20.8 Å². The van der Waals surface area contributed by atoms with Crippen LogP contribution in [0, 0.1) is 0 Å². The number of rotatable bonds is 6. The molecule has 4 heteroatoms. The van der Waals surface area contributed by atoms with Gasteiger partial charge in [0, 0.05) is 18.2 Å². The Bertz CT molecular complexity index is 429. The zero-order chi connectivity index (χ0) is 13.9. The van der Waals surface area contributed by atoms with Crippen LogP contribution in [0.25, 0.3) is 0 Å². The molecule has 19 heavy (non-hydrogen) atoms. The molecule has 1 aromatic rings. The van der Waals surface area contributed by atoms with Gasteiger partial charge < -0.3 is 19.9 Å². The Morgan fingerprint density at radius 2 is 2.05 bits per heavy atom. The molecular formula is C15H23NO3. The van der Waals surface area contributed by atoms with Crippen LogP contribution in [0.1, 0.15) is 37.8 Å². The second-order valence-electron chi connectivity index (χ2n) is 5.29. The van der Waals surface area contributed by atoms with Crippen LogP contribution < -0.4 is 14.8 Å². The minimum atomic E-state index is -0.514. The molecule has 0 radical (unpaired) electrons. The summed E-state index contributed by atoms with van der Waals surface area (Å²) in [6, 6.07) is 5.87.